The maximum absolute atomic E-state index is 13.3. The Labute approximate surface area is 90.7 Å². The van der Waals surface area contributed by atoms with Crippen molar-refractivity contribution in [1.82, 2.24) is 0 Å². The highest BCUT2D eigenvalue weighted by molar-refractivity contribution is 6.34. The van der Waals surface area contributed by atoms with Crippen LogP contribution in [-0.4, -0.2) is 18.2 Å². The van der Waals surface area contributed by atoms with Crippen LogP contribution in [0.4, 0.5) is 4.39 Å². The fourth-order valence-electron chi connectivity index (χ4n) is 1.09. The summed E-state index contributed by atoms with van der Waals surface area (Å²) in [7, 11) is 1.28. The summed E-state index contributed by atoms with van der Waals surface area (Å²) >= 11 is 5.70. The summed E-state index contributed by atoms with van der Waals surface area (Å²) in [5, 5.41) is 8.86. The number of hydrogen-bond donors (Lipinski definition) is 1. The number of carboxylic acids is 1. The molecule has 1 aromatic rings. The van der Waals surface area contributed by atoms with E-state index in [9.17, 15) is 9.18 Å². The lowest BCUT2D eigenvalue weighted by Gasteiger charge is -2.05. The molecule has 0 aliphatic heterocycles. The van der Waals surface area contributed by atoms with Crippen LogP contribution in [-0.2, 0) is 9.53 Å². The Morgan fingerprint density at radius 2 is 2.27 bits per heavy atom. The molecule has 0 bridgehead atoms. The van der Waals surface area contributed by atoms with Gasteiger partial charge in [-0.2, -0.15) is 0 Å². The van der Waals surface area contributed by atoms with Crippen LogP contribution >= 0.6 is 11.6 Å². The zero-order valence-electron chi connectivity index (χ0n) is 7.83. The molecule has 15 heavy (non-hydrogen) atoms. The van der Waals surface area contributed by atoms with Crippen molar-refractivity contribution in [2.45, 2.75) is 0 Å². The summed E-state index contributed by atoms with van der Waals surface area (Å²) in [5.41, 5.74) is -0.492. The van der Waals surface area contributed by atoms with Gasteiger partial charge in [-0.05, 0) is 12.1 Å². The smallest absolute Gasteiger partial charge is 0.339 e. The van der Waals surface area contributed by atoms with Crippen LogP contribution in [0.5, 0.6) is 0 Å². The number of halogens is 2. The molecular weight excluding hydrogens is 223 g/mol. The van der Waals surface area contributed by atoms with Crippen molar-refractivity contribution < 1.29 is 19.0 Å². The first kappa shape index (κ1) is 11.5. The fourth-order valence-corrected chi connectivity index (χ4v) is 1.35. The van der Waals surface area contributed by atoms with E-state index >= 15 is 0 Å². The van der Waals surface area contributed by atoms with Gasteiger partial charge in [0.15, 0.2) is 0 Å². The predicted octanol–water partition coefficient (Wildman–Crippen LogP) is 2.55. The van der Waals surface area contributed by atoms with E-state index in [4.69, 9.17) is 16.7 Å². The van der Waals surface area contributed by atoms with Crippen molar-refractivity contribution in [3.8, 4) is 0 Å². The second-order valence-electron chi connectivity index (χ2n) is 2.67. The first-order valence-electron chi connectivity index (χ1n) is 3.98. The Kier molecular flexibility index (Phi) is 3.68. The van der Waals surface area contributed by atoms with Gasteiger partial charge in [-0.25, -0.2) is 9.18 Å². The number of carbonyl (C=O) groups is 1. The van der Waals surface area contributed by atoms with Gasteiger partial charge in [0.05, 0.1) is 18.4 Å². The standard InChI is InChI=1S/C10H8ClFO3/c1-15-5-6(10(13)14)9-7(11)3-2-4-8(9)12/h2-5H,1H3,(H,13,14). The molecule has 3 nitrogen and oxygen atoms in total. The van der Waals surface area contributed by atoms with E-state index in [0.29, 0.717) is 0 Å². The summed E-state index contributed by atoms with van der Waals surface area (Å²) in [4.78, 5) is 10.8. The summed E-state index contributed by atoms with van der Waals surface area (Å²) in [5.74, 6) is -2.00. The number of aliphatic carboxylic acids is 1. The average Bonchev–Trinajstić information content (AvgIpc) is 2.15. The first-order chi connectivity index (χ1) is 7.07. The second-order valence-corrected chi connectivity index (χ2v) is 3.08. The zero-order chi connectivity index (χ0) is 11.4. The first-order valence-corrected chi connectivity index (χ1v) is 4.36. The van der Waals surface area contributed by atoms with Crippen LogP contribution in [0.25, 0.3) is 5.57 Å². The van der Waals surface area contributed by atoms with Gasteiger partial charge in [-0.1, -0.05) is 17.7 Å². The molecule has 0 saturated carbocycles. The Bertz CT molecular complexity index is 395. The molecule has 0 fully saturated rings. The molecule has 80 valence electrons. The Morgan fingerprint density at radius 3 is 2.73 bits per heavy atom. The third kappa shape index (κ3) is 2.47. The van der Waals surface area contributed by atoms with Crippen molar-refractivity contribution in [3.63, 3.8) is 0 Å². The normalized spacial score (nSPS) is 11.3. The molecule has 0 radical (unpaired) electrons. The van der Waals surface area contributed by atoms with Crippen LogP contribution in [0.1, 0.15) is 5.56 Å². The van der Waals surface area contributed by atoms with Crippen LogP contribution in [0.15, 0.2) is 24.5 Å². The lowest BCUT2D eigenvalue weighted by molar-refractivity contribution is -0.130. The number of methoxy groups -OCH3 is 1. The minimum atomic E-state index is -1.30. The molecule has 0 aromatic heterocycles. The van der Waals surface area contributed by atoms with Crippen LogP contribution in [0, 0.1) is 5.82 Å². The van der Waals surface area contributed by atoms with E-state index in [1.54, 1.807) is 0 Å². The van der Waals surface area contributed by atoms with Gasteiger partial charge in [0.2, 0.25) is 0 Å². The molecule has 1 N–H and O–H groups in total. The maximum Gasteiger partial charge on any atom is 0.339 e. The minimum absolute atomic E-state index is 0.0284. The van der Waals surface area contributed by atoms with Gasteiger partial charge in [0, 0.05) is 5.56 Å². The van der Waals surface area contributed by atoms with E-state index in [-0.39, 0.29) is 16.2 Å². The van der Waals surface area contributed by atoms with Crippen molar-refractivity contribution in [2.75, 3.05) is 7.11 Å². The lowest BCUT2D eigenvalue weighted by Crippen LogP contribution is -2.03. The van der Waals surface area contributed by atoms with Crippen LogP contribution < -0.4 is 0 Å². The van der Waals surface area contributed by atoms with Gasteiger partial charge in [0.1, 0.15) is 11.4 Å². The van der Waals surface area contributed by atoms with E-state index in [2.05, 4.69) is 4.74 Å². The third-order valence-electron chi connectivity index (χ3n) is 1.70. The molecule has 0 heterocycles. The van der Waals surface area contributed by atoms with Crippen molar-refractivity contribution in [2.24, 2.45) is 0 Å². The molecule has 0 atom stereocenters. The zero-order valence-corrected chi connectivity index (χ0v) is 8.58. The average molecular weight is 231 g/mol. The maximum atomic E-state index is 13.3. The van der Waals surface area contributed by atoms with E-state index < -0.39 is 11.8 Å². The summed E-state index contributed by atoms with van der Waals surface area (Å²) in [6.45, 7) is 0. The summed E-state index contributed by atoms with van der Waals surface area (Å²) in [6, 6.07) is 3.94. The Balaban J connectivity index is 3.35. The van der Waals surface area contributed by atoms with Gasteiger partial charge in [-0.3, -0.25) is 0 Å². The number of rotatable bonds is 3. The van der Waals surface area contributed by atoms with Gasteiger partial charge in [-0.15, -0.1) is 0 Å². The van der Waals surface area contributed by atoms with E-state index in [0.717, 1.165) is 12.3 Å². The number of ether oxygens (including phenoxy) is 1. The highest BCUT2D eigenvalue weighted by Gasteiger charge is 2.18. The molecule has 1 rings (SSSR count). The number of hydrogen-bond acceptors (Lipinski definition) is 2. The molecule has 0 amide bonds. The predicted molar refractivity (Wildman–Crippen MR) is 54.0 cm³/mol. The molecule has 0 spiro atoms. The van der Waals surface area contributed by atoms with Gasteiger partial charge < -0.3 is 9.84 Å². The topological polar surface area (TPSA) is 46.5 Å². The number of benzene rings is 1. The lowest BCUT2D eigenvalue weighted by atomic mass is 10.1. The van der Waals surface area contributed by atoms with Crippen molar-refractivity contribution in [3.05, 3.63) is 40.9 Å². The molecule has 0 aliphatic rings. The Morgan fingerprint density at radius 1 is 1.60 bits per heavy atom. The molecule has 5 heteroatoms. The summed E-state index contributed by atoms with van der Waals surface area (Å²) in [6.07, 6.45) is 0.937. The van der Waals surface area contributed by atoms with Gasteiger partial charge in [0.25, 0.3) is 0 Å². The largest absolute Gasteiger partial charge is 0.503 e. The molecule has 0 unspecified atom stereocenters. The third-order valence-corrected chi connectivity index (χ3v) is 2.01. The Hall–Kier alpha value is -1.55. The van der Waals surface area contributed by atoms with E-state index in [1.165, 1.54) is 19.2 Å². The highest BCUT2D eigenvalue weighted by atomic mass is 35.5. The van der Waals surface area contributed by atoms with Gasteiger partial charge >= 0.3 is 5.97 Å². The number of carboxylic acid groups (broad SMARTS) is 1. The molecule has 0 saturated heterocycles. The molecule has 1 aromatic carbocycles. The SMILES string of the molecule is COC=C(C(=O)O)c1c(F)cccc1Cl. The van der Waals surface area contributed by atoms with Crippen molar-refractivity contribution in [1.29, 1.82) is 0 Å². The monoisotopic (exact) mass is 230 g/mol. The molecular formula is C10H8ClFO3. The fraction of sp³-hybridized carbons (Fsp3) is 0.100. The minimum Gasteiger partial charge on any atom is -0.503 e. The van der Waals surface area contributed by atoms with Crippen LogP contribution in [0.2, 0.25) is 5.02 Å². The summed E-state index contributed by atoms with van der Waals surface area (Å²) < 4.78 is 17.9. The van der Waals surface area contributed by atoms with Crippen LogP contribution in [0.3, 0.4) is 0 Å². The quantitative estimate of drug-likeness (QED) is 0.641. The van der Waals surface area contributed by atoms with E-state index in [1.807, 2.05) is 0 Å². The highest BCUT2D eigenvalue weighted by Crippen LogP contribution is 2.26. The van der Waals surface area contributed by atoms with Crippen molar-refractivity contribution >= 4 is 23.1 Å². The second kappa shape index (κ2) is 4.79. The molecule has 0 aliphatic carbocycles.